The number of carbonyl (C=O) groups is 2. The number of carbonyl (C=O) groups excluding carboxylic acids is 2. The van der Waals surface area contributed by atoms with Gasteiger partial charge in [-0.25, -0.2) is 0 Å². The van der Waals surface area contributed by atoms with Crippen molar-refractivity contribution in [2.24, 2.45) is 11.7 Å². The molecule has 1 atom stereocenters. The Hall–Kier alpha value is -1.10. The molecule has 0 saturated heterocycles. The fraction of sp³-hybridized carbons (Fsp3) is 0.800. The van der Waals surface area contributed by atoms with Gasteiger partial charge in [0, 0.05) is 6.04 Å². The lowest BCUT2D eigenvalue weighted by atomic mass is 10.1. The third-order valence-electron chi connectivity index (χ3n) is 2.42. The van der Waals surface area contributed by atoms with Crippen LogP contribution in [-0.4, -0.2) is 30.9 Å². The van der Waals surface area contributed by atoms with E-state index in [1.165, 1.54) is 12.8 Å². The number of nitrogens with one attached hydrogen (secondary N) is 2. The Balaban J connectivity index is 2.08. The van der Waals surface area contributed by atoms with E-state index in [1.54, 1.807) is 0 Å². The van der Waals surface area contributed by atoms with Crippen molar-refractivity contribution in [3.63, 3.8) is 0 Å². The van der Waals surface area contributed by atoms with E-state index < -0.39 is 0 Å². The van der Waals surface area contributed by atoms with Crippen LogP contribution in [0.3, 0.4) is 0 Å². The smallest absolute Gasteiger partial charge is 0.239 e. The summed E-state index contributed by atoms with van der Waals surface area (Å²) < 4.78 is 0. The molecule has 1 unspecified atom stereocenters. The molecule has 1 saturated carbocycles. The molecule has 0 aromatic carbocycles. The number of hydrogen-bond donors (Lipinski definition) is 3. The molecule has 4 N–H and O–H groups in total. The third kappa shape index (κ3) is 5.37. The van der Waals surface area contributed by atoms with Crippen LogP contribution in [0, 0.1) is 5.92 Å². The minimum Gasteiger partial charge on any atom is -0.352 e. The first-order valence-electron chi connectivity index (χ1n) is 5.38. The molecule has 0 heterocycles. The zero-order valence-electron chi connectivity index (χ0n) is 9.08. The normalized spacial score (nSPS) is 16.9. The van der Waals surface area contributed by atoms with E-state index in [-0.39, 0.29) is 30.9 Å². The Morgan fingerprint density at radius 1 is 1.40 bits per heavy atom. The van der Waals surface area contributed by atoms with Crippen LogP contribution in [-0.2, 0) is 9.59 Å². The standard InChI is InChI=1S/C10H19N3O2/c1-7(4-8-2-3-8)13-10(15)6-12-9(14)5-11/h7-8H,2-6,11H2,1H3,(H,12,14)(H,13,15). The predicted molar refractivity (Wildman–Crippen MR) is 57.0 cm³/mol. The maximum absolute atomic E-state index is 11.3. The van der Waals surface area contributed by atoms with Crippen molar-refractivity contribution in [1.29, 1.82) is 0 Å². The van der Waals surface area contributed by atoms with Gasteiger partial charge in [-0.2, -0.15) is 0 Å². The first-order chi connectivity index (χ1) is 7.11. The maximum atomic E-state index is 11.3. The van der Waals surface area contributed by atoms with Gasteiger partial charge in [-0.1, -0.05) is 12.8 Å². The van der Waals surface area contributed by atoms with Crippen LogP contribution in [0.25, 0.3) is 0 Å². The van der Waals surface area contributed by atoms with Gasteiger partial charge in [-0.3, -0.25) is 9.59 Å². The maximum Gasteiger partial charge on any atom is 0.239 e. The average molecular weight is 213 g/mol. The summed E-state index contributed by atoms with van der Waals surface area (Å²) in [5.74, 6) is 0.337. The number of amides is 2. The summed E-state index contributed by atoms with van der Waals surface area (Å²) >= 11 is 0. The molecule has 0 aliphatic heterocycles. The summed E-state index contributed by atoms with van der Waals surface area (Å²) in [6.07, 6.45) is 3.60. The van der Waals surface area contributed by atoms with E-state index in [9.17, 15) is 9.59 Å². The topological polar surface area (TPSA) is 84.2 Å². The lowest BCUT2D eigenvalue weighted by Crippen LogP contribution is -2.42. The van der Waals surface area contributed by atoms with Gasteiger partial charge in [-0.15, -0.1) is 0 Å². The Morgan fingerprint density at radius 2 is 2.07 bits per heavy atom. The predicted octanol–water partition coefficient (Wildman–Crippen LogP) is -0.634. The summed E-state index contributed by atoms with van der Waals surface area (Å²) in [7, 11) is 0. The molecule has 15 heavy (non-hydrogen) atoms. The van der Waals surface area contributed by atoms with Crippen LogP contribution in [0.15, 0.2) is 0 Å². The highest BCUT2D eigenvalue weighted by Gasteiger charge is 2.24. The Morgan fingerprint density at radius 3 is 2.60 bits per heavy atom. The highest BCUT2D eigenvalue weighted by molar-refractivity contribution is 5.85. The Labute approximate surface area is 89.8 Å². The third-order valence-corrected chi connectivity index (χ3v) is 2.42. The fourth-order valence-electron chi connectivity index (χ4n) is 1.49. The summed E-state index contributed by atoms with van der Waals surface area (Å²) in [6.45, 7) is 1.93. The van der Waals surface area contributed by atoms with Gasteiger partial charge in [-0.05, 0) is 19.3 Å². The van der Waals surface area contributed by atoms with Crippen LogP contribution < -0.4 is 16.4 Å². The number of rotatable bonds is 6. The molecule has 5 heteroatoms. The van der Waals surface area contributed by atoms with Crippen molar-refractivity contribution in [3.05, 3.63) is 0 Å². The van der Waals surface area contributed by atoms with E-state index in [0.717, 1.165) is 12.3 Å². The van der Waals surface area contributed by atoms with Crippen LogP contribution in [0.2, 0.25) is 0 Å². The largest absolute Gasteiger partial charge is 0.352 e. The zero-order valence-corrected chi connectivity index (χ0v) is 9.08. The molecule has 2 amide bonds. The van der Waals surface area contributed by atoms with Crippen molar-refractivity contribution in [2.45, 2.75) is 32.2 Å². The van der Waals surface area contributed by atoms with E-state index in [2.05, 4.69) is 10.6 Å². The molecule has 1 fully saturated rings. The average Bonchev–Trinajstić information content (AvgIpc) is 2.97. The van der Waals surface area contributed by atoms with Crippen molar-refractivity contribution < 1.29 is 9.59 Å². The van der Waals surface area contributed by atoms with Gasteiger partial charge in [0.2, 0.25) is 11.8 Å². The number of hydrogen-bond acceptors (Lipinski definition) is 3. The lowest BCUT2D eigenvalue weighted by Gasteiger charge is -2.13. The van der Waals surface area contributed by atoms with Gasteiger partial charge >= 0.3 is 0 Å². The van der Waals surface area contributed by atoms with Gasteiger partial charge in [0.05, 0.1) is 13.1 Å². The fourth-order valence-corrected chi connectivity index (χ4v) is 1.49. The second-order valence-electron chi connectivity index (χ2n) is 4.13. The van der Waals surface area contributed by atoms with Gasteiger partial charge in [0.15, 0.2) is 0 Å². The SMILES string of the molecule is CC(CC1CC1)NC(=O)CNC(=O)CN. The quantitative estimate of drug-likeness (QED) is 0.549. The van der Waals surface area contributed by atoms with Crippen molar-refractivity contribution in [1.82, 2.24) is 10.6 Å². The molecule has 0 aromatic rings. The lowest BCUT2D eigenvalue weighted by molar-refractivity contribution is -0.125. The molecule has 1 aliphatic carbocycles. The monoisotopic (exact) mass is 213 g/mol. The van der Waals surface area contributed by atoms with E-state index in [4.69, 9.17) is 5.73 Å². The molecule has 1 aliphatic rings. The summed E-state index contributed by atoms with van der Waals surface area (Å²) in [6, 6.07) is 0.194. The van der Waals surface area contributed by atoms with E-state index in [0.29, 0.717) is 0 Å². The van der Waals surface area contributed by atoms with Crippen molar-refractivity contribution in [3.8, 4) is 0 Å². The van der Waals surface area contributed by atoms with Crippen LogP contribution in [0.4, 0.5) is 0 Å². The molecule has 0 aromatic heterocycles. The molecular formula is C10H19N3O2. The van der Waals surface area contributed by atoms with Crippen LogP contribution >= 0.6 is 0 Å². The van der Waals surface area contributed by atoms with Crippen molar-refractivity contribution in [2.75, 3.05) is 13.1 Å². The molecule has 86 valence electrons. The van der Waals surface area contributed by atoms with Gasteiger partial charge in [0.1, 0.15) is 0 Å². The first-order valence-corrected chi connectivity index (χ1v) is 5.38. The minimum absolute atomic E-state index is 0.0189. The molecule has 0 bridgehead atoms. The second-order valence-corrected chi connectivity index (χ2v) is 4.13. The first kappa shape index (κ1) is 12.0. The van der Waals surface area contributed by atoms with E-state index >= 15 is 0 Å². The zero-order chi connectivity index (χ0) is 11.3. The molecular weight excluding hydrogens is 194 g/mol. The number of nitrogens with two attached hydrogens (primary N) is 1. The summed E-state index contributed by atoms with van der Waals surface area (Å²) in [5.41, 5.74) is 5.09. The summed E-state index contributed by atoms with van der Waals surface area (Å²) in [5, 5.41) is 5.27. The highest BCUT2D eigenvalue weighted by Crippen LogP contribution is 2.33. The molecule has 5 nitrogen and oxygen atoms in total. The molecule has 1 rings (SSSR count). The van der Waals surface area contributed by atoms with Gasteiger partial charge in [0.25, 0.3) is 0 Å². The molecule has 0 radical (unpaired) electrons. The van der Waals surface area contributed by atoms with Crippen molar-refractivity contribution >= 4 is 11.8 Å². The Kier molecular flexibility index (Phi) is 4.55. The molecule has 0 spiro atoms. The minimum atomic E-state index is -0.306. The summed E-state index contributed by atoms with van der Waals surface area (Å²) in [4.78, 5) is 22.1. The Bertz CT molecular complexity index is 239. The van der Waals surface area contributed by atoms with Crippen LogP contribution in [0.1, 0.15) is 26.2 Å². The highest BCUT2D eigenvalue weighted by atomic mass is 16.2. The van der Waals surface area contributed by atoms with Gasteiger partial charge < -0.3 is 16.4 Å². The second kappa shape index (κ2) is 5.70. The van der Waals surface area contributed by atoms with Crippen LogP contribution in [0.5, 0.6) is 0 Å². The van der Waals surface area contributed by atoms with E-state index in [1.807, 2.05) is 6.92 Å².